The zero-order chi connectivity index (χ0) is 17.1. The van der Waals surface area contributed by atoms with Gasteiger partial charge in [-0.15, -0.1) is 0 Å². The molecule has 3 rings (SSSR count). The Balaban J connectivity index is 2.07. The second kappa shape index (κ2) is 7.04. The largest absolute Gasteiger partial charge is 0.497 e. The summed E-state index contributed by atoms with van der Waals surface area (Å²) < 4.78 is 21.8. The molecule has 0 aliphatic heterocycles. The summed E-state index contributed by atoms with van der Waals surface area (Å²) in [5.41, 5.74) is 3.91. The summed E-state index contributed by atoms with van der Waals surface area (Å²) in [4.78, 5) is 0. The van der Waals surface area contributed by atoms with Gasteiger partial charge in [0.05, 0.1) is 28.4 Å². The molecule has 2 aromatic rings. The Morgan fingerprint density at radius 3 is 2.12 bits per heavy atom. The van der Waals surface area contributed by atoms with Gasteiger partial charge in [-0.1, -0.05) is 6.07 Å². The van der Waals surface area contributed by atoms with Crippen molar-refractivity contribution in [3.05, 3.63) is 47.0 Å². The molecular formula is C20H24O4. The third-order valence-electron chi connectivity index (χ3n) is 4.75. The first-order chi connectivity index (χ1) is 11.7. The third kappa shape index (κ3) is 2.88. The minimum atomic E-state index is 0.327. The zero-order valence-electron chi connectivity index (χ0n) is 14.7. The van der Waals surface area contributed by atoms with Gasteiger partial charge in [-0.3, -0.25) is 0 Å². The van der Waals surface area contributed by atoms with Gasteiger partial charge >= 0.3 is 0 Å². The first kappa shape index (κ1) is 16.5. The van der Waals surface area contributed by atoms with E-state index < -0.39 is 0 Å². The Morgan fingerprint density at radius 2 is 1.54 bits per heavy atom. The predicted octanol–water partition coefficient (Wildman–Crippen LogP) is 4.19. The van der Waals surface area contributed by atoms with Gasteiger partial charge in [-0.2, -0.15) is 0 Å². The standard InChI is InChI=1S/C20H24O4/c1-21-15-8-9-17-13(10-15)6-5-7-16(17)14-11-18(22-2)20(24-4)19(12-14)23-3/h8-12,16H,5-7H2,1-4H3. The van der Waals surface area contributed by atoms with Crippen LogP contribution in [-0.2, 0) is 6.42 Å². The van der Waals surface area contributed by atoms with Gasteiger partial charge < -0.3 is 18.9 Å². The minimum absolute atomic E-state index is 0.327. The lowest BCUT2D eigenvalue weighted by Gasteiger charge is -2.27. The number of methoxy groups -OCH3 is 4. The third-order valence-corrected chi connectivity index (χ3v) is 4.75. The van der Waals surface area contributed by atoms with Crippen LogP contribution in [-0.4, -0.2) is 28.4 Å². The summed E-state index contributed by atoms with van der Waals surface area (Å²) in [6.45, 7) is 0. The van der Waals surface area contributed by atoms with Crippen LogP contribution in [0.25, 0.3) is 0 Å². The number of aryl methyl sites for hydroxylation is 1. The molecule has 1 aliphatic rings. The SMILES string of the molecule is COc1ccc2c(c1)CCCC2c1cc(OC)c(OC)c(OC)c1. The van der Waals surface area contributed by atoms with E-state index in [-0.39, 0.29) is 0 Å². The molecule has 4 heteroatoms. The van der Waals surface area contributed by atoms with Crippen LogP contribution < -0.4 is 18.9 Å². The van der Waals surface area contributed by atoms with E-state index in [2.05, 4.69) is 24.3 Å². The average molecular weight is 328 g/mol. The van der Waals surface area contributed by atoms with E-state index >= 15 is 0 Å². The molecule has 0 fully saturated rings. The number of rotatable bonds is 5. The van der Waals surface area contributed by atoms with Crippen molar-refractivity contribution in [2.24, 2.45) is 0 Å². The van der Waals surface area contributed by atoms with Crippen LogP contribution in [0.4, 0.5) is 0 Å². The van der Waals surface area contributed by atoms with Crippen LogP contribution in [0.1, 0.15) is 35.4 Å². The summed E-state index contributed by atoms with van der Waals surface area (Å²) in [5.74, 6) is 3.28. The highest BCUT2D eigenvalue weighted by atomic mass is 16.5. The number of fused-ring (bicyclic) bond motifs is 1. The van der Waals surface area contributed by atoms with E-state index in [9.17, 15) is 0 Å². The highest BCUT2D eigenvalue weighted by Crippen LogP contribution is 2.44. The molecule has 0 saturated carbocycles. The van der Waals surface area contributed by atoms with Crippen molar-refractivity contribution in [3.63, 3.8) is 0 Å². The molecule has 0 aromatic heterocycles. The van der Waals surface area contributed by atoms with Gasteiger partial charge in [0, 0.05) is 5.92 Å². The second-order valence-electron chi connectivity index (χ2n) is 5.97. The van der Waals surface area contributed by atoms with Gasteiger partial charge in [0.2, 0.25) is 5.75 Å². The summed E-state index contributed by atoms with van der Waals surface area (Å²) in [6.07, 6.45) is 3.35. The number of benzene rings is 2. The van der Waals surface area contributed by atoms with Crippen LogP contribution in [0.5, 0.6) is 23.0 Å². The molecule has 0 radical (unpaired) electrons. The molecule has 1 unspecified atom stereocenters. The summed E-state index contributed by atoms with van der Waals surface area (Å²) in [7, 11) is 6.64. The van der Waals surface area contributed by atoms with Crippen molar-refractivity contribution in [3.8, 4) is 23.0 Å². The maximum Gasteiger partial charge on any atom is 0.203 e. The predicted molar refractivity (Wildman–Crippen MR) is 93.9 cm³/mol. The Hall–Kier alpha value is -2.36. The van der Waals surface area contributed by atoms with Gasteiger partial charge in [-0.05, 0) is 60.2 Å². The highest BCUT2D eigenvalue weighted by molar-refractivity contribution is 5.56. The molecule has 0 amide bonds. The van der Waals surface area contributed by atoms with E-state index in [1.54, 1.807) is 28.4 Å². The number of ether oxygens (including phenoxy) is 4. The van der Waals surface area contributed by atoms with E-state index in [0.29, 0.717) is 23.2 Å². The lowest BCUT2D eigenvalue weighted by atomic mass is 9.78. The smallest absolute Gasteiger partial charge is 0.203 e. The Kier molecular flexibility index (Phi) is 4.84. The van der Waals surface area contributed by atoms with Crippen molar-refractivity contribution in [1.29, 1.82) is 0 Å². The van der Waals surface area contributed by atoms with Crippen LogP contribution >= 0.6 is 0 Å². The fraction of sp³-hybridized carbons (Fsp3) is 0.400. The van der Waals surface area contributed by atoms with Gasteiger partial charge in [0.25, 0.3) is 0 Å². The highest BCUT2D eigenvalue weighted by Gasteiger charge is 2.25. The van der Waals surface area contributed by atoms with Crippen LogP contribution in [0.2, 0.25) is 0 Å². The van der Waals surface area contributed by atoms with Crippen LogP contribution in [0.15, 0.2) is 30.3 Å². The molecule has 0 bridgehead atoms. The average Bonchev–Trinajstić information content (AvgIpc) is 2.65. The quantitative estimate of drug-likeness (QED) is 0.825. The molecule has 0 heterocycles. The normalized spacial score (nSPS) is 16.2. The topological polar surface area (TPSA) is 36.9 Å². The lowest BCUT2D eigenvalue weighted by Crippen LogP contribution is -2.12. The fourth-order valence-corrected chi connectivity index (χ4v) is 3.57. The Bertz CT molecular complexity index is 699. The number of hydrogen-bond acceptors (Lipinski definition) is 4. The van der Waals surface area contributed by atoms with Crippen molar-refractivity contribution in [2.75, 3.05) is 28.4 Å². The summed E-state index contributed by atoms with van der Waals surface area (Å²) in [6, 6.07) is 10.5. The van der Waals surface area contributed by atoms with Crippen molar-refractivity contribution in [2.45, 2.75) is 25.2 Å². The summed E-state index contributed by atoms with van der Waals surface area (Å²) in [5, 5.41) is 0. The molecule has 0 spiro atoms. The van der Waals surface area contributed by atoms with Crippen LogP contribution in [0.3, 0.4) is 0 Å². The first-order valence-electron chi connectivity index (χ1n) is 8.18. The van der Waals surface area contributed by atoms with E-state index in [0.717, 1.165) is 25.0 Å². The molecule has 1 aliphatic carbocycles. The monoisotopic (exact) mass is 328 g/mol. The van der Waals surface area contributed by atoms with E-state index in [1.807, 2.05) is 6.07 Å². The molecule has 1 atom stereocenters. The molecular weight excluding hydrogens is 304 g/mol. The molecule has 24 heavy (non-hydrogen) atoms. The van der Waals surface area contributed by atoms with Gasteiger partial charge in [-0.25, -0.2) is 0 Å². The molecule has 0 saturated heterocycles. The maximum atomic E-state index is 5.51. The first-order valence-corrected chi connectivity index (χ1v) is 8.18. The van der Waals surface area contributed by atoms with Gasteiger partial charge in [0.1, 0.15) is 5.75 Å². The van der Waals surface area contributed by atoms with Gasteiger partial charge in [0.15, 0.2) is 11.5 Å². The van der Waals surface area contributed by atoms with Crippen molar-refractivity contribution < 1.29 is 18.9 Å². The Labute approximate surface area is 143 Å². The van der Waals surface area contributed by atoms with Crippen molar-refractivity contribution in [1.82, 2.24) is 0 Å². The maximum absolute atomic E-state index is 5.51. The van der Waals surface area contributed by atoms with E-state index in [4.69, 9.17) is 18.9 Å². The van der Waals surface area contributed by atoms with Crippen LogP contribution in [0, 0.1) is 0 Å². The fourth-order valence-electron chi connectivity index (χ4n) is 3.57. The summed E-state index contributed by atoms with van der Waals surface area (Å²) >= 11 is 0. The molecule has 128 valence electrons. The number of hydrogen-bond donors (Lipinski definition) is 0. The minimum Gasteiger partial charge on any atom is -0.497 e. The second-order valence-corrected chi connectivity index (χ2v) is 5.97. The zero-order valence-corrected chi connectivity index (χ0v) is 14.7. The molecule has 0 N–H and O–H groups in total. The van der Waals surface area contributed by atoms with Crippen molar-refractivity contribution >= 4 is 0 Å². The lowest BCUT2D eigenvalue weighted by molar-refractivity contribution is 0.323. The van der Waals surface area contributed by atoms with E-state index in [1.165, 1.54) is 16.7 Å². The molecule has 4 nitrogen and oxygen atoms in total. The Morgan fingerprint density at radius 1 is 0.833 bits per heavy atom. The molecule has 2 aromatic carbocycles.